The van der Waals surface area contributed by atoms with Gasteiger partial charge >= 0.3 is 0 Å². The van der Waals surface area contributed by atoms with Crippen LogP contribution in [0.5, 0.6) is 11.5 Å². The number of halogens is 2. The summed E-state index contributed by atoms with van der Waals surface area (Å²) in [5.41, 5.74) is 3.45. The highest BCUT2D eigenvalue weighted by Crippen LogP contribution is 2.31. The van der Waals surface area contributed by atoms with Crippen molar-refractivity contribution < 1.29 is 18.7 Å². The second-order valence-electron chi connectivity index (χ2n) is 5.63. The Labute approximate surface area is 171 Å². The highest BCUT2D eigenvalue weighted by Gasteiger charge is 2.10. The molecule has 0 aliphatic carbocycles. The third kappa shape index (κ3) is 4.65. The molecule has 1 aromatic heterocycles. The molecule has 1 N–H and O–H groups in total. The molecular formula is C20H16Cl2N2O4. The number of furan rings is 1. The highest BCUT2D eigenvalue weighted by molar-refractivity contribution is 6.35. The minimum Gasteiger partial charge on any atom is -0.497 e. The third-order valence-electron chi connectivity index (χ3n) is 3.79. The van der Waals surface area contributed by atoms with Crippen LogP contribution in [-0.4, -0.2) is 26.3 Å². The van der Waals surface area contributed by atoms with Crippen molar-refractivity contribution in [2.45, 2.75) is 0 Å². The van der Waals surface area contributed by atoms with Crippen molar-refractivity contribution in [3.63, 3.8) is 0 Å². The number of carbonyl (C=O) groups is 1. The molecule has 144 valence electrons. The lowest BCUT2D eigenvalue weighted by Gasteiger charge is -2.07. The lowest BCUT2D eigenvalue weighted by atomic mass is 10.2. The van der Waals surface area contributed by atoms with Crippen molar-refractivity contribution >= 4 is 35.3 Å². The van der Waals surface area contributed by atoms with E-state index in [0.29, 0.717) is 44.2 Å². The van der Waals surface area contributed by atoms with Crippen LogP contribution in [0.1, 0.15) is 16.1 Å². The zero-order valence-electron chi connectivity index (χ0n) is 15.0. The van der Waals surface area contributed by atoms with Gasteiger partial charge in [-0.15, -0.1) is 0 Å². The van der Waals surface area contributed by atoms with Gasteiger partial charge in [0.25, 0.3) is 5.91 Å². The molecular weight excluding hydrogens is 403 g/mol. The summed E-state index contributed by atoms with van der Waals surface area (Å²) in [5.74, 6) is 1.57. The van der Waals surface area contributed by atoms with Crippen molar-refractivity contribution in [2.24, 2.45) is 5.10 Å². The Morgan fingerprint density at radius 3 is 2.43 bits per heavy atom. The Morgan fingerprint density at radius 2 is 1.75 bits per heavy atom. The number of hydrazone groups is 1. The Morgan fingerprint density at radius 1 is 1.04 bits per heavy atom. The third-order valence-corrected chi connectivity index (χ3v) is 4.36. The van der Waals surface area contributed by atoms with Crippen LogP contribution in [0.4, 0.5) is 0 Å². The van der Waals surface area contributed by atoms with Gasteiger partial charge < -0.3 is 13.9 Å². The summed E-state index contributed by atoms with van der Waals surface area (Å²) in [4.78, 5) is 12.3. The Hall–Kier alpha value is -2.96. The van der Waals surface area contributed by atoms with Gasteiger partial charge in [0.2, 0.25) is 0 Å². The van der Waals surface area contributed by atoms with Gasteiger partial charge in [-0.3, -0.25) is 4.79 Å². The zero-order chi connectivity index (χ0) is 20.1. The number of nitrogens with one attached hydrogen (secondary N) is 1. The Balaban J connectivity index is 1.71. The summed E-state index contributed by atoms with van der Waals surface area (Å²) < 4.78 is 16.0. The van der Waals surface area contributed by atoms with E-state index in [9.17, 15) is 4.79 Å². The van der Waals surface area contributed by atoms with E-state index in [1.165, 1.54) is 20.4 Å². The predicted octanol–water partition coefficient (Wildman–Crippen LogP) is 5.03. The van der Waals surface area contributed by atoms with Crippen molar-refractivity contribution in [2.75, 3.05) is 14.2 Å². The van der Waals surface area contributed by atoms with Crippen LogP contribution < -0.4 is 14.9 Å². The molecule has 3 aromatic rings. The standard InChI is InChI=1S/C20H16Cl2N2O4/c1-26-15-7-12(8-16(10-15)27-2)20(25)24-23-11-14-4-6-19(28-14)17-9-13(21)3-5-18(17)22/h3-11H,1-2H3,(H,24,25)/b23-11-. The first-order valence-electron chi connectivity index (χ1n) is 8.12. The van der Waals surface area contributed by atoms with Gasteiger partial charge in [0.15, 0.2) is 0 Å². The molecule has 1 amide bonds. The normalized spacial score (nSPS) is 10.9. The van der Waals surface area contributed by atoms with Crippen molar-refractivity contribution in [1.29, 1.82) is 0 Å². The summed E-state index contributed by atoms with van der Waals surface area (Å²) in [6.45, 7) is 0. The average Bonchev–Trinajstić information content (AvgIpc) is 3.17. The molecule has 0 fully saturated rings. The van der Waals surface area contributed by atoms with Crippen LogP contribution in [0.2, 0.25) is 10.0 Å². The van der Waals surface area contributed by atoms with E-state index in [0.717, 1.165) is 0 Å². The van der Waals surface area contributed by atoms with E-state index < -0.39 is 5.91 Å². The monoisotopic (exact) mass is 418 g/mol. The van der Waals surface area contributed by atoms with Crippen LogP contribution in [-0.2, 0) is 0 Å². The summed E-state index contributed by atoms with van der Waals surface area (Å²) in [6.07, 6.45) is 1.39. The summed E-state index contributed by atoms with van der Waals surface area (Å²) >= 11 is 12.2. The van der Waals surface area contributed by atoms with Gasteiger partial charge in [-0.25, -0.2) is 5.43 Å². The molecule has 0 atom stereocenters. The molecule has 0 spiro atoms. The van der Waals surface area contributed by atoms with Gasteiger partial charge in [-0.2, -0.15) is 5.10 Å². The predicted molar refractivity (Wildman–Crippen MR) is 109 cm³/mol. The van der Waals surface area contributed by atoms with Crippen LogP contribution >= 0.6 is 23.2 Å². The lowest BCUT2D eigenvalue weighted by molar-refractivity contribution is 0.0954. The van der Waals surface area contributed by atoms with Crippen molar-refractivity contribution in [3.8, 4) is 22.8 Å². The second-order valence-corrected chi connectivity index (χ2v) is 6.47. The maximum atomic E-state index is 12.3. The van der Waals surface area contributed by atoms with Crippen LogP contribution in [0.3, 0.4) is 0 Å². The molecule has 1 heterocycles. The number of hydrogen-bond donors (Lipinski definition) is 1. The lowest BCUT2D eigenvalue weighted by Crippen LogP contribution is -2.17. The number of amides is 1. The van der Waals surface area contributed by atoms with Gasteiger partial charge in [-0.1, -0.05) is 23.2 Å². The minimum atomic E-state index is -0.418. The molecule has 8 heteroatoms. The molecule has 0 aliphatic rings. The fourth-order valence-corrected chi connectivity index (χ4v) is 2.79. The number of rotatable bonds is 6. The van der Waals surface area contributed by atoms with E-state index >= 15 is 0 Å². The topological polar surface area (TPSA) is 73.1 Å². The highest BCUT2D eigenvalue weighted by atomic mass is 35.5. The quantitative estimate of drug-likeness (QED) is 0.449. The fourth-order valence-electron chi connectivity index (χ4n) is 2.41. The van der Waals surface area contributed by atoms with E-state index in [4.69, 9.17) is 37.1 Å². The van der Waals surface area contributed by atoms with Crippen LogP contribution in [0.15, 0.2) is 58.0 Å². The number of methoxy groups -OCH3 is 2. The number of carbonyl (C=O) groups excluding carboxylic acids is 1. The van der Waals surface area contributed by atoms with Gasteiger partial charge in [0, 0.05) is 22.2 Å². The number of ether oxygens (including phenoxy) is 2. The largest absolute Gasteiger partial charge is 0.497 e. The number of benzene rings is 2. The first-order chi connectivity index (χ1) is 13.5. The molecule has 0 bridgehead atoms. The van der Waals surface area contributed by atoms with Gasteiger partial charge in [-0.05, 0) is 42.5 Å². The molecule has 0 aliphatic heterocycles. The summed E-state index contributed by atoms with van der Waals surface area (Å²) in [7, 11) is 3.02. The molecule has 0 saturated heterocycles. The van der Waals surface area contributed by atoms with Gasteiger partial charge in [0.05, 0.1) is 25.5 Å². The van der Waals surface area contributed by atoms with Crippen molar-refractivity contribution in [3.05, 3.63) is 69.9 Å². The van der Waals surface area contributed by atoms with E-state index in [2.05, 4.69) is 10.5 Å². The average molecular weight is 419 g/mol. The smallest absolute Gasteiger partial charge is 0.271 e. The molecule has 0 unspecified atom stereocenters. The SMILES string of the molecule is COc1cc(OC)cc(C(=O)N/N=C\c2ccc(-c3cc(Cl)ccc3Cl)o2)c1. The summed E-state index contributed by atoms with van der Waals surface area (Å²) in [6, 6.07) is 13.4. The molecule has 6 nitrogen and oxygen atoms in total. The maximum Gasteiger partial charge on any atom is 0.271 e. The van der Waals surface area contributed by atoms with E-state index in [-0.39, 0.29) is 0 Å². The molecule has 28 heavy (non-hydrogen) atoms. The molecule has 3 rings (SSSR count). The second kappa shape index (κ2) is 8.82. The first-order valence-corrected chi connectivity index (χ1v) is 8.87. The molecule has 2 aromatic carbocycles. The Kier molecular flexibility index (Phi) is 6.23. The maximum absolute atomic E-state index is 12.3. The van der Waals surface area contributed by atoms with Crippen LogP contribution in [0, 0.1) is 0 Å². The van der Waals surface area contributed by atoms with Crippen LogP contribution in [0.25, 0.3) is 11.3 Å². The fraction of sp³-hybridized carbons (Fsp3) is 0.100. The van der Waals surface area contributed by atoms with E-state index in [1.807, 2.05) is 0 Å². The minimum absolute atomic E-state index is 0.346. The summed E-state index contributed by atoms with van der Waals surface area (Å²) in [5, 5.41) is 4.98. The molecule has 0 saturated carbocycles. The van der Waals surface area contributed by atoms with Crippen molar-refractivity contribution in [1.82, 2.24) is 5.43 Å². The van der Waals surface area contributed by atoms with E-state index in [1.54, 1.807) is 48.5 Å². The Bertz CT molecular complexity index is 1010. The zero-order valence-corrected chi connectivity index (χ0v) is 16.5. The number of hydrogen-bond acceptors (Lipinski definition) is 5. The number of nitrogens with zero attached hydrogens (tertiary/aromatic N) is 1. The molecule has 0 radical (unpaired) electrons. The first kappa shape index (κ1) is 19.8. The van der Waals surface area contributed by atoms with Gasteiger partial charge in [0.1, 0.15) is 23.0 Å².